The maximum Gasteiger partial charge on any atom is 0.403 e. The molecule has 0 aliphatic carbocycles. The van der Waals surface area contributed by atoms with Crippen molar-refractivity contribution in [3.63, 3.8) is 0 Å². The van der Waals surface area contributed by atoms with Gasteiger partial charge >= 0.3 is 6.18 Å². The fraction of sp³-hybridized carbons (Fsp3) is 0.412. The smallest absolute Gasteiger partial charge is 0.403 e. The van der Waals surface area contributed by atoms with E-state index in [0.717, 1.165) is 22.2 Å². The van der Waals surface area contributed by atoms with Gasteiger partial charge in [0, 0.05) is 30.2 Å². The molecule has 0 bridgehead atoms. The third-order valence-electron chi connectivity index (χ3n) is 4.03. The number of alkyl halides is 3. The molecule has 6 heteroatoms. The number of benzene rings is 1. The number of halogens is 3. The minimum Gasteiger partial charge on any atom is -0.497 e. The second-order valence-electron chi connectivity index (χ2n) is 5.48. The number of rotatable bonds is 7. The molecule has 2 rings (SSSR count). The maximum atomic E-state index is 12.9. The van der Waals surface area contributed by atoms with Gasteiger partial charge in [0.15, 0.2) is 0 Å². The minimum atomic E-state index is -4.24. The van der Waals surface area contributed by atoms with Gasteiger partial charge in [-0.2, -0.15) is 13.2 Å². The van der Waals surface area contributed by atoms with Crippen LogP contribution in [0.3, 0.4) is 0 Å². The average molecular weight is 326 g/mol. The highest BCUT2D eigenvalue weighted by atomic mass is 19.4. The predicted molar refractivity (Wildman–Crippen MR) is 85.8 cm³/mol. The number of H-pyrrole nitrogens is 1. The Morgan fingerprint density at radius 2 is 2.13 bits per heavy atom. The predicted octanol–water partition coefficient (Wildman–Crippen LogP) is 4.16. The van der Waals surface area contributed by atoms with Crippen molar-refractivity contribution in [2.75, 3.05) is 20.2 Å². The molecule has 1 N–H and O–H groups in total. The molecular formula is C17H21F3N2O. The van der Waals surface area contributed by atoms with E-state index < -0.39 is 12.2 Å². The normalized spacial score (nSPS) is 13.5. The zero-order valence-electron chi connectivity index (χ0n) is 13.3. The molecule has 0 aliphatic heterocycles. The van der Waals surface area contributed by atoms with E-state index in [2.05, 4.69) is 11.6 Å². The quantitative estimate of drug-likeness (QED) is 0.774. The van der Waals surface area contributed by atoms with Crippen LogP contribution in [0, 0.1) is 0 Å². The number of fused-ring (bicyclic) bond motifs is 1. The minimum absolute atomic E-state index is 0.201. The van der Waals surface area contributed by atoms with E-state index in [-0.39, 0.29) is 6.54 Å². The number of hydrogen-bond acceptors (Lipinski definition) is 2. The Hall–Kier alpha value is -1.95. The van der Waals surface area contributed by atoms with Crippen molar-refractivity contribution in [3.8, 4) is 5.75 Å². The van der Waals surface area contributed by atoms with Gasteiger partial charge < -0.3 is 9.72 Å². The summed E-state index contributed by atoms with van der Waals surface area (Å²) in [5.41, 5.74) is 1.92. The van der Waals surface area contributed by atoms with Crippen molar-refractivity contribution in [2.45, 2.75) is 25.6 Å². The Balaban J connectivity index is 2.16. The molecule has 0 spiro atoms. The first-order valence-electron chi connectivity index (χ1n) is 7.42. The van der Waals surface area contributed by atoms with Crippen molar-refractivity contribution >= 4 is 10.9 Å². The lowest BCUT2D eigenvalue weighted by Crippen LogP contribution is -2.44. The van der Waals surface area contributed by atoms with Crippen molar-refractivity contribution in [2.24, 2.45) is 0 Å². The summed E-state index contributed by atoms with van der Waals surface area (Å²) in [4.78, 5) is 4.52. The van der Waals surface area contributed by atoms with Crippen LogP contribution in [-0.4, -0.2) is 42.3 Å². The van der Waals surface area contributed by atoms with Crippen LogP contribution in [0.2, 0.25) is 0 Å². The summed E-state index contributed by atoms with van der Waals surface area (Å²) in [6.45, 7) is 5.24. The van der Waals surface area contributed by atoms with Gasteiger partial charge in [-0.3, -0.25) is 4.90 Å². The lowest BCUT2D eigenvalue weighted by molar-refractivity contribution is -0.177. The van der Waals surface area contributed by atoms with Crippen molar-refractivity contribution in [3.05, 3.63) is 42.6 Å². The molecule has 1 aromatic carbocycles. The standard InChI is InChI=1S/C17H21F3N2O/c1-4-8-22(12(2)17(18,19)20)9-7-13-11-21-16-6-5-14(23-3)10-15(13)16/h4-6,10-12,21H,1,7-9H2,2-3H3. The lowest BCUT2D eigenvalue weighted by Gasteiger charge is -2.29. The third-order valence-corrected chi connectivity index (χ3v) is 4.03. The summed E-state index contributed by atoms with van der Waals surface area (Å²) in [5.74, 6) is 0.727. The number of nitrogens with one attached hydrogen (secondary N) is 1. The summed E-state index contributed by atoms with van der Waals surface area (Å²) in [6, 6.07) is 4.14. The molecule has 0 aliphatic rings. The molecule has 1 unspecified atom stereocenters. The Kier molecular flexibility index (Phi) is 5.36. The summed E-state index contributed by atoms with van der Waals surface area (Å²) in [7, 11) is 1.59. The fourth-order valence-corrected chi connectivity index (χ4v) is 2.57. The number of hydrogen-bond donors (Lipinski definition) is 1. The maximum absolute atomic E-state index is 12.9. The topological polar surface area (TPSA) is 28.3 Å². The first-order chi connectivity index (χ1) is 10.9. The molecule has 1 atom stereocenters. The summed E-state index contributed by atoms with van der Waals surface area (Å²) < 4.78 is 44.0. The van der Waals surface area contributed by atoms with Crippen LogP contribution >= 0.6 is 0 Å². The van der Waals surface area contributed by atoms with Crippen LogP contribution in [0.1, 0.15) is 12.5 Å². The highest BCUT2D eigenvalue weighted by molar-refractivity contribution is 5.84. The van der Waals surface area contributed by atoms with Gasteiger partial charge in [-0.05, 0) is 37.1 Å². The SMILES string of the molecule is C=CCN(CCc1c[nH]c2ccc(OC)cc12)C(C)C(F)(F)F. The number of nitrogens with zero attached hydrogens (tertiary/aromatic N) is 1. The highest BCUT2D eigenvalue weighted by Crippen LogP contribution is 2.27. The van der Waals surface area contributed by atoms with Gasteiger partial charge in [-0.1, -0.05) is 6.08 Å². The van der Waals surface area contributed by atoms with E-state index in [1.54, 1.807) is 7.11 Å². The summed E-state index contributed by atoms with van der Waals surface area (Å²) >= 11 is 0. The molecule has 0 saturated carbocycles. The Bertz CT molecular complexity index is 663. The zero-order chi connectivity index (χ0) is 17.0. The first kappa shape index (κ1) is 17.4. The molecule has 0 radical (unpaired) electrons. The van der Waals surface area contributed by atoms with Gasteiger partial charge in [-0.25, -0.2) is 0 Å². The van der Waals surface area contributed by atoms with Crippen LogP contribution in [0.25, 0.3) is 10.9 Å². The molecular weight excluding hydrogens is 305 g/mol. The van der Waals surface area contributed by atoms with E-state index in [1.165, 1.54) is 17.9 Å². The summed E-state index contributed by atoms with van der Waals surface area (Å²) in [6.07, 6.45) is -0.386. The molecule has 1 aromatic heterocycles. The van der Waals surface area contributed by atoms with Crippen molar-refractivity contribution in [1.82, 2.24) is 9.88 Å². The monoisotopic (exact) mass is 326 g/mol. The van der Waals surface area contributed by atoms with Crippen molar-refractivity contribution < 1.29 is 17.9 Å². The Labute approximate surface area is 133 Å². The van der Waals surface area contributed by atoms with Gasteiger partial charge in [0.25, 0.3) is 0 Å². The van der Waals surface area contributed by atoms with Gasteiger partial charge in [0.05, 0.1) is 7.11 Å². The van der Waals surface area contributed by atoms with Crippen LogP contribution in [0.5, 0.6) is 5.75 Å². The van der Waals surface area contributed by atoms with Gasteiger partial charge in [0.1, 0.15) is 11.8 Å². The highest BCUT2D eigenvalue weighted by Gasteiger charge is 2.39. The molecule has 2 aromatic rings. The number of aromatic amines is 1. The first-order valence-corrected chi connectivity index (χ1v) is 7.42. The molecule has 0 fully saturated rings. The second kappa shape index (κ2) is 7.08. The van der Waals surface area contributed by atoms with Crippen LogP contribution in [-0.2, 0) is 6.42 Å². The van der Waals surface area contributed by atoms with E-state index >= 15 is 0 Å². The average Bonchev–Trinajstić information content (AvgIpc) is 2.92. The molecule has 1 heterocycles. The van der Waals surface area contributed by atoms with Gasteiger partial charge in [-0.15, -0.1) is 6.58 Å². The van der Waals surface area contributed by atoms with Crippen LogP contribution in [0.4, 0.5) is 13.2 Å². The zero-order valence-corrected chi connectivity index (χ0v) is 13.3. The fourth-order valence-electron chi connectivity index (χ4n) is 2.57. The lowest BCUT2D eigenvalue weighted by atomic mass is 10.1. The van der Waals surface area contributed by atoms with Crippen LogP contribution < -0.4 is 4.74 Å². The van der Waals surface area contributed by atoms with E-state index in [9.17, 15) is 13.2 Å². The Morgan fingerprint density at radius 3 is 2.74 bits per heavy atom. The molecule has 23 heavy (non-hydrogen) atoms. The molecule has 0 amide bonds. The number of ether oxygens (including phenoxy) is 1. The largest absolute Gasteiger partial charge is 0.497 e. The van der Waals surface area contributed by atoms with E-state index in [0.29, 0.717) is 13.0 Å². The Morgan fingerprint density at radius 1 is 1.39 bits per heavy atom. The summed E-state index contributed by atoms with van der Waals surface area (Å²) in [5, 5.41) is 0.975. The van der Waals surface area contributed by atoms with Gasteiger partial charge in [0.2, 0.25) is 0 Å². The van der Waals surface area contributed by atoms with E-state index in [1.807, 2.05) is 24.4 Å². The van der Waals surface area contributed by atoms with E-state index in [4.69, 9.17) is 4.74 Å². The third kappa shape index (κ3) is 4.07. The molecule has 0 saturated heterocycles. The van der Waals surface area contributed by atoms with Crippen LogP contribution in [0.15, 0.2) is 37.1 Å². The second-order valence-corrected chi connectivity index (χ2v) is 5.48. The van der Waals surface area contributed by atoms with Crippen molar-refractivity contribution in [1.29, 1.82) is 0 Å². The molecule has 3 nitrogen and oxygen atoms in total. The molecule has 126 valence electrons. The number of methoxy groups -OCH3 is 1. The number of aromatic nitrogens is 1.